The van der Waals surface area contributed by atoms with Crippen molar-refractivity contribution in [2.45, 2.75) is 0 Å². The van der Waals surface area contributed by atoms with Crippen molar-refractivity contribution in [3.8, 4) is 0 Å². The Morgan fingerprint density at radius 1 is 2.00 bits per heavy atom. The smallest absolute Gasteiger partial charge is 0.221 e. The Hall–Kier alpha value is -0.0200. The lowest BCUT2D eigenvalue weighted by Gasteiger charge is -1.98. The molecule has 0 amide bonds. The van der Waals surface area contributed by atoms with E-state index in [9.17, 15) is 0 Å². The minimum atomic E-state index is 0.144. The molecule has 0 aliphatic rings. The van der Waals surface area contributed by atoms with Gasteiger partial charge in [0.25, 0.3) is 0 Å². The zero-order chi connectivity index (χ0) is 4.99. The third-order valence-electron chi connectivity index (χ3n) is 0.220. The first-order chi connectivity index (χ1) is 2.77. The van der Waals surface area contributed by atoms with Crippen LogP contribution in [0.15, 0.2) is 0 Å². The summed E-state index contributed by atoms with van der Waals surface area (Å²) in [4.78, 5) is 0. The highest BCUT2D eigenvalue weighted by atomic mass is 32.1. The van der Waals surface area contributed by atoms with Gasteiger partial charge >= 0.3 is 0 Å². The number of thiocarbonyl (C=S) groups is 1. The van der Waals surface area contributed by atoms with E-state index in [0.717, 1.165) is 0 Å². The Morgan fingerprint density at radius 3 is 2.50 bits per heavy atom. The van der Waals surface area contributed by atoms with E-state index >= 15 is 0 Å². The summed E-state index contributed by atoms with van der Waals surface area (Å²) in [5, 5.41) is 0. The van der Waals surface area contributed by atoms with Crippen LogP contribution >= 0.6 is 12.2 Å². The summed E-state index contributed by atoms with van der Waals surface area (Å²) in [5.74, 6) is 0. The summed E-state index contributed by atoms with van der Waals surface area (Å²) in [6.45, 7) is 3.69. The van der Waals surface area contributed by atoms with Crippen molar-refractivity contribution in [1.82, 2.24) is 0 Å². The third kappa shape index (κ3) is 3.98. The molecule has 0 aromatic rings. The van der Waals surface area contributed by atoms with Crippen molar-refractivity contribution >= 4 is 29.2 Å². The second-order valence-corrected chi connectivity index (χ2v) is 1.60. The van der Waals surface area contributed by atoms with E-state index in [4.69, 9.17) is 0 Å². The van der Waals surface area contributed by atoms with Gasteiger partial charge < -0.3 is 29.6 Å². The van der Waals surface area contributed by atoms with Gasteiger partial charge in [0.1, 0.15) is 6.92 Å². The predicted molar refractivity (Wildman–Crippen MR) is 31.3 cm³/mol. The van der Waals surface area contributed by atoms with E-state index in [-0.39, 0.29) is 4.38 Å². The predicted octanol–water partition coefficient (Wildman–Crippen LogP) is 0.669. The van der Waals surface area contributed by atoms with Crippen LogP contribution in [0.1, 0.15) is 0 Å². The molecule has 0 aliphatic carbocycles. The van der Waals surface area contributed by atoms with Crippen LogP contribution in [-0.4, -0.2) is 11.0 Å². The van der Waals surface area contributed by atoms with Crippen molar-refractivity contribution in [2.75, 3.05) is 6.61 Å². The maximum absolute atomic E-state index is 4.48. The van der Waals surface area contributed by atoms with Crippen molar-refractivity contribution in [3.63, 3.8) is 0 Å². The van der Waals surface area contributed by atoms with Gasteiger partial charge in [-0.15, -0.1) is 0 Å². The molecular weight excluding hydrogens is 116 g/mol. The second-order valence-electron chi connectivity index (χ2n) is 0.598. The van der Waals surface area contributed by atoms with Crippen LogP contribution in [0.5, 0.6) is 0 Å². The number of hydrogen-bond acceptors (Lipinski definition) is 3. The molecule has 0 saturated heterocycles. The molecular formula is C3H4OS2. The minimum absolute atomic E-state index is 0.144. The summed E-state index contributed by atoms with van der Waals surface area (Å²) >= 11 is 8.69. The molecule has 0 radical (unpaired) electrons. The van der Waals surface area contributed by atoms with Crippen molar-refractivity contribution in [1.29, 1.82) is 0 Å². The van der Waals surface area contributed by atoms with E-state index in [0.29, 0.717) is 6.61 Å². The molecule has 0 unspecified atom stereocenters. The van der Waals surface area contributed by atoms with Gasteiger partial charge in [0, 0.05) is 4.38 Å². The fourth-order valence-corrected chi connectivity index (χ4v) is 0.250. The van der Waals surface area contributed by atoms with Crippen LogP contribution in [0.4, 0.5) is 0 Å². The lowest BCUT2D eigenvalue weighted by molar-refractivity contribution is 0.369. The molecule has 0 spiro atoms. The Labute approximate surface area is 48.1 Å². The van der Waals surface area contributed by atoms with Crippen molar-refractivity contribution in [3.05, 3.63) is 6.92 Å². The lowest BCUT2D eigenvalue weighted by atomic mass is 10.9. The van der Waals surface area contributed by atoms with Crippen LogP contribution < -0.4 is 0 Å². The molecule has 0 fully saturated rings. The summed E-state index contributed by atoms with van der Waals surface area (Å²) in [6.07, 6.45) is 0. The Balaban J connectivity index is 2.83. The molecule has 0 saturated carbocycles. The van der Waals surface area contributed by atoms with E-state index < -0.39 is 0 Å². The summed E-state index contributed by atoms with van der Waals surface area (Å²) < 4.78 is 4.62. The molecule has 0 aromatic heterocycles. The van der Waals surface area contributed by atoms with Crippen LogP contribution in [0.2, 0.25) is 0 Å². The van der Waals surface area contributed by atoms with Gasteiger partial charge in [-0.25, -0.2) is 0 Å². The fraction of sp³-hybridized carbons (Fsp3) is 0.333. The van der Waals surface area contributed by atoms with Crippen LogP contribution in [0.25, 0.3) is 0 Å². The van der Waals surface area contributed by atoms with Gasteiger partial charge in [-0.05, 0) is 0 Å². The molecule has 6 heavy (non-hydrogen) atoms. The molecule has 34 valence electrons. The SMILES string of the molecule is [CH2+]COC(=S)[S-]. The molecule has 0 heterocycles. The second kappa shape index (κ2) is 3.18. The van der Waals surface area contributed by atoms with Gasteiger partial charge in [-0.1, -0.05) is 0 Å². The Morgan fingerprint density at radius 2 is 2.50 bits per heavy atom. The molecule has 0 rings (SSSR count). The highest BCUT2D eigenvalue weighted by Gasteiger charge is 1.71. The van der Waals surface area contributed by atoms with Gasteiger partial charge in [-0.3, -0.25) is 0 Å². The van der Waals surface area contributed by atoms with Crippen molar-refractivity contribution < 1.29 is 4.74 Å². The fourth-order valence-electron chi connectivity index (χ4n) is 0.0833. The summed E-state index contributed by atoms with van der Waals surface area (Å²) in [6, 6.07) is 0. The van der Waals surface area contributed by atoms with Crippen LogP contribution in [0, 0.1) is 6.92 Å². The standard InChI is InChI=1S/C3H4OS2/c1-2-4-3(5)6/h1-2H2. The number of ether oxygens (including phenoxy) is 1. The van der Waals surface area contributed by atoms with E-state index in [2.05, 4.69) is 36.5 Å². The van der Waals surface area contributed by atoms with Gasteiger partial charge in [-0.2, -0.15) is 0 Å². The molecule has 0 aliphatic heterocycles. The average Bonchev–Trinajstić information content (AvgIpc) is 1.35. The topological polar surface area (TPSA) is 9.23 Å². The largest absolute Gasteiger partial charge is 0.473 e. The number of hydrogen-bond donors (Lipinski definition) is 0. The monoisotopic (exact) mass is 120 g/mol. The molecule has 0 N–H and O–H groups in total. The third-order valence-corrected chi connectivity index (χ3v) is 0.456. The minimum Gasteiger partial charge on any atom is -0.473 e. The molecule has 3 heteroatoms. The van der Waals surface area contributed by atoms with Gasteiger partial charge in [0.2, 0.25) is 6.61 Å². The Bertz CT molecular complexity index is 52.8. The highest BCUT2D eigenvalue weighted by molar-refractivity contribution is 7.99. The van der Waals surface area contributed by atoms with E-state index in [1.807, 2.05) is 0 Å². The van der Waals surface area contributed by atoms with Gasteiger partial charge in [0.05, 0.1) is 0 Å². The molecule has 1 nitrogen and oxygen atoms in total. The molecule has 0 bridgehead atoms. The first-order valence-electron chi connectivity index (χ1n) is 1.40. The first-order valence-corrected chi connectivity index (χ1v) is 2.22. The van der Waals surface area contributed by atoms with Crippen LogP contribution in [-0.2, 0) is 17.4 Å². The van der Waals surface area contributed by atoms with E-state index in [1.54, 1.807) is 0 Å². The highest BCUT2D eigenvalue weighted by Crippen LogP contribution is 1.73. The normalized spacial score (nSPS) is 7.33. The maximum Gasteiger partial charge on any atom is 0.221 e. The summed E-state index contributed by atoms with van der Waals surface area (Å²) in [7, 11) is 0. The number of rotatable bonds is 1. The first kappa shape index (κ1) is 5.98. The zero-order valence-corrected chi connectivity index (χ0v) is 4.77. The van der Waals surface area contributed by atoms with Crippen molar-refractivity contribution in [2.24, 2.45) is 0 Å². The zero-order valence-electron chi connectivity index (χ0n) is 3.14. The van der Waals surface area contributed by atoms with Crippen LogP contribution in [0.3, 0.4) is 0 Å². The summed E-state index contributed by atoms with van der Waals surface area (Å²) in [5.41, 5.74) is 0. The van der Waals surface area contributed by atoms with Gasteiger partial charge in [0.15, 0.2) is 0 Å². The van der Waals surface area contributed by atoms with E-state index in [1.165, 1.54) is 0 Å². The average molecular weight is 120 g/mol. The maximum atomic E-state index is 4.48. The molecule has 0 atom stereocenters. The molecule has 0 aromatic carbocycles. The lowest BCUT2D eigenvalue weighted by Crippen LogP contribution is -1.93. The Kier molecular flexibility index (Phi) is 3.17. The quantitative estimate of drug-likeness (QED) is 0.286.